The van der Waals surface area contributed by atoms with E-state index >= 15 is 0 Å². The van der Waals surface area contributed by atoms with Gasteiger partial charge in [-0.25, -0.2) is 4.39 Å². The van der Waals surface area contributed by atoms with Crippen LogP contribution in [0.25, 0.3) is 10.8 Å². The summed E-state index contributed by atoms with van der Waals surface area (Å²) in [5, 5.41) is 14.3. The Morgan fingerprint density at radius 2 is 1.55 bits per heavy atom. The highest BCUT2D eigenvalue weighted by atomic mass is 19.1. The van der Waals surface area contributed by atoms with Crippen molar-refractivity contribution in [2.24, 2.45) is 0 Å². The Bertz CT molecular complexity index is 801. The molecular weight excluding hydrogens is 251 g/mol. The van der Waals surface area contributed by atoms with Gasteiger partial charge in [0, 0.05) is 22.1 Å². The minimum Gasteiger partial charge on any atom is -0.355 e. The largest absolute Gasteiger partial charge is 0.355 e. The van der Waals surface area contributed by atoms with E-state index in [1.807, 2.05) is 30.3 Å². The van der Waals surface area contributed by atoms with Crippen molar-refractivity contribution >= 4 is 22.1 Å². The Hall–Kier alpha value is -2.86. The van der Waals surface area contributed by atoms with Gasteiger partial charge in [-0.3, -0.25) is 0 Å². The van der Waals surface area contributed by atoms with Crippen LogP contribution < -0.4 is 5.32 Å². The highest BCUT2D eigenvalue weighted by molar-refractivity contribution is 5.98. The van der Waals surface area contributed by atoms with Gasteiger partial charge in [0.25, 0.3) is 0 Å². The Balaban J connectivity index is 2.09. The molecule has 0 saturated heterocycles. The van der Waals surface area contributed by atoms with E-state index in [4.69, 9.17) is 5.26 Å². The second-order valence-corrected chi connectivity index (χ2v) is 4.45. The molecule has 0 fully saturated rings. The lowest BCUT2D eigenvalue weighted by Crippen LogP contribution is -1.92. The number of nitrogens with one attached hydrogen (secondary N) is 1. The molecule has 3 rings (SSSR count). The predicted molar refractivity (Wildman–Crippen MR) is 78.3 cm³/mol. The quantitative estimate of drug-likeness (QED) is 0.733. The smallest absolute Gasteiger partial charge is 0.123 e. The zero-order chi connectivity index (χ0) is 13.9. The molecule has 0 amide bonds. The lowest BCUT2D eigenvalue weighted by Gasteiger charge is -2.10. The number of rotatable bonds is 2. The minimum absolute atomic E-state index is 0.264. The molecule has 3 aromatic carbocycles. The van der Waals surface area contributed by atoms with Crippen LogP contribution in [0.1, 0.15) is 5.56 Å². The number of hydrogen-bond acceptors (Lipinski definition) is 2. The molecule has 0 heterocycles. The number of nitriles is 1. The van der Waals surface area contributed by atoms with E-state index in [2.05, 4.69) is 11.4 Å². The van der Waals surface area contributed by atoms with Gasteiger partial charge in [0.2, 0.25) is 0 Å². The molecule has 0 radical (unpaired) electrons. The molecule has 3 aromatic rings. The summed E-state index contributed by atoms with van der Waals surface area (Å²) < 4.78 is 12.9. The van der Waals surface area contributed by atoms with Crippen LogP contribution in [0.3, 0.4) is 0 Å². The zero-order valence-electron chi connectivity index (χ0n) is 10.6. The zero-order valence-corrected chi connectivity index (χ0v) is 10.6. The molecule has 20 heavy (non-hydrogen) atoms. The van der Waals surface area contributed by atoms with E-state index < -0.39 is 0 Å². The summed E-state index contributed by atoms with van der Waals surface area (Å²) in [7, 11) is 0. The lowest BCUT2D eigenvalue weighted by atomic mass is 10.0. The van der Waals surface area contributed by atoms with Crippen LogP contribution in [0.2, 0.25) is 0 Å². The lowest BCUT2D eigenvalue weighted by molar-refractivity contribution is 0.628. The van der Waals surface area contributed by atoms with Gasteiger partial charge in [-0.1, -0.05) is 24.3 Å². The summed E-state index contributed by atoms with van der Waals surface area (Å²) >= 11 is 0. The summed E-state index contributed by atoms with van der Waals surface area (Å²) in [6.07, 6.45) is 0. The van der Waals surface area contributed by atoms with Crippen molar-refractivity contribution in [2.45, 2.75) is 0 Å². The third-order valence-electron chi connectivity index (χ3n) is 3.17. The third kappa shape index (κ3) is 2.19. The highest BCUT2D eigenvalue weighted by Gasteiger charge is 2.05. The van der Waals surface area contributed by atoms with Crippen LogP contribution in [0.15, 0.2) is 60.7 Å². The van der Waals surface area contributed by atoms with Crippen LogP contribution in [0.4, 0.5) is 15.8 Å². The molecule has 0 spiro atoms. The van der Waals surface area contributed by atoms with E-state index in [0.717, 1.165) is 22.1 Å². The molecule has 0 saturated carbocycles. The van der Waals surface area contributed by atoms with E-state index in [9.17, 15) is 4.39 Å². The number of nitrogens with zero attached hydrogens (tertiary/aromatic N) is 1. The van der Waals surface area contributed by atoms with Gasteiger partial charge in [-0.2, -0.15) is 5.26 Å². The van der Waals surface area contributed by atoms with Gasteiger partial charge in [0.05, 0.1) is 11.6 Å². The maximum atomic E-state index is 12.9. The predicted octanol–water partition coefficient (Wildman–Crippen LogP) is 4.59. The van der Waals surface area contributed by atoms with Gasteiger partial charge in [0.15, 0.2) is 0 Å². The molecule has 0 bridgehead atoms. The average Bonchev–Trinajstić information content (AvgIpc) is 2.50. The topological polar surface area (TPSA) is 35.8 Å². The molecule has 0 aliphatic carbocycles. The molecule has 2 nitrogen and oxygen atoms in total. The first-order chi connectivity index (χ1) is 9.78. The normalized spacial score (nSPS) is 10.2. The monoisotopic (exact) mass is 262 g/mol. The van der Waals surface area contributed by atoms with Crippen molar-refractivity contribution in [3.05, 3.63) is 72.0 Å². The number of fused-ring (bicyclic) bond motifs is 1. The van der Waals surface area contributed by atoms with Crippen molar-refractivity contribution in [3.8, 4) is 6.07 Å². The van der Waals surface area contributed by atoms with Crippen LogP contribution in [-0.2, 0) is 0 Å². The van der Waals surface area contributed by atoms with Gasteiger partial charge in [-0.15, -0.1) is 0 Å². The number of hydrogen-bond donors (Lipinski definition) is 1. The Kier molecular flexibility index (Phi) is 3.06. The van der Waals surface area contributed by atoms with E-state index in [0.29, 0.717) is 5.56 Å². The second-order valence-electron chi connectivity index (χ2n) is 4.45. The van der Waals surface area contributed by atoms with E-state index in [1.54, 1.807) is 18.2 Å². The average molecular weight is 262 g/mol. The standard InChI is InChI=1S/C17H11FN2/c18-13-6-8-14(9-7-13)20-17-10-5-12(11-19)15-3-1-2-4-16(15)17/h1-10,20H. The Morgan fingerprint density at radius 3 is 2.25 bits per heavy atom. The molecule has 0 atom stereocenters. The first kappa shape index (κ1) is 12.2. The molecule has 96 valence electrons. The van der Waals surface area contributed by atoms with Gasteiger partial charge in [-0.05, 0) is 36.4 Å². The third-order valence-corrected chi connectivity index (χ3v) is 3.17. The van der Waals surface area contributed by atoms with Crippen molar-refractivity contribution in [2.75, 3.05) is 5.32 Å². The molecule has 0 unspecified atom stereocenters. The van der Waals surface area contributed by atoms with Gasteiger partial charge in [0.1, 0.15) is 5.82 Å². The minimum atomic E-state index is -0.264. The van der Waals surface area contributed by atoms with Crippen molar-refractivity contribution < 1.29 is 4.39 Å². The number of halogens is 1. The highest BCUT2D eigenvalue weighted by Crippen LogP contribution is 2.28. The van der Waals surface area contributed by atoms with Crippen LogP contribution in [0, 0.1) is 17.1 Å². The van der Waals surface area contributed by atoms with Gasteiger partial charge < -0.3 is 5.32 Å². The molecule has 3 heteroatoms. The second kappa shape index (κ2) is 5.02. The van der Waals surface area contributed by atoms with E-state index in [1.165, 1.54) is 12.1 Å². The van der Waals surface area contributed by atoms with Crippen LogP contribution in [-0.4, -0.2) is 0 Å². The first-order valence-electron chi connectivity index (χ1n) is 6.22. The van der Waals surface area contributed by atoms with E-state index in [-0.39, 0.29) is 5.82 Å². The molecule has 1 N–H and O–H groups in total. The van der Waals surface area contributed by atoms with Crippen molar-refractivity contribution in [3.63, 3.8) is 0 Å². The first-order valence-corrected chi connectivity index (χ1v) is 6.22. The van der Waals surface area contributed by atoms with Crippen LogP contribution >= 0.6 is 0 Å². The van der Waals surface area contributed by atoms with Crippen LogP contribution in [0.5, 0.6) is 0 Å². The van der Waals surface area contributed by atoms with Gasteiger partial charge >= 0.3 is 0 Å². The number of benzene rings is 3. The molecule has 0 aliphatic heterocycles. The summed E-state index contributed by atoms with van der Waals surface area (Å²) in [5.41, 5.74) is 2.35. The fraction of sp³-hybridized carbons (Fsp3) is 0. The number of anilines is 2. The maximum absolute atomic E-state index is 12.9. The molecule has 0 aliphatic rings. The molecule has 0 aromatic heterocycles. The summed E-state index contributed by atoms with van der Waals surface area (Å²) in [6.45, 7) is 0. The van der Waals surface area contributed by atoms with Crippen molar-refractivity contribution in [1.29, 1.82) is 5.26 Å². The summed E-state index contributed by atoms with van der Waals surface area (Å²) in [4.78, 5) is 0. The fourth-order valence-electron chi connectivity index (χ4n) is 2.19. The molecular formula is C17H11FN2. The summed E-state index contributed by atoms with van der Waals surface area (Å²) in [5.74, 6) is -0.264. The maximum Gasteiger partial charge on any atom is 0.123 e. The SMILES string of the molecule is N#Cc1ccc(Nc2ccc(F)cc2)c2ccccc12. The fourth-order valence-corrected chi connectivity index (χ4v) is 2.19. The summed E-state index contributed by atoms with van der Waals surface area (Å²) in [6, 6.07) is 19.7. The Labute approximate surface area is 116 Å². The van der Waals surface area contributed by atoms with Crippen molar-refractivity contribution in [1.82, 2.24) is 0 Å². The Morgan fingerprint density at radius 1 is 0.850 bits per heavy atom.